The van der Waals surface area contributed by atoms with E-state index in [9.17, 15) is 13.5 Å². The Kier molecular flexibility index (Phi) is 3.12. The Bertz CT molecular complexity index is 593. The molecular weight excluding hydrogens is 242 g/mol. The van der Waals surface area contributed by atoms with Crippen molar-refractivity contribution >= 4 is 10.0 Å². The van der Waals surface area contributed by atoms with E-state index in [1.54, 1.807) is 6.20 Å². The fraction of sp³-hybridized carbons (Fsp3) is 0.100. The molecule has 2 aromatic rings. The molecule has 0 aliphatic rings. The smallest absolute Gasteiger partial charge is 0.241 e. The van der Waals surface area contributed by atoms with Gasteiger partial charge in [0.2, 0.25) is 10.0 Å². The third-order valence-corrected chi connectivity index (χ3v) is 3.51. The predicted octanol–water partition coefficient (Wildman–Crippen LogP) is 0.594. The van der Waals surface area contributed by atoms with Gasteiger partial charge in [0.05, 0.1) is 11.4 Å². The molecule has 0 atom stereocenters. The van der Waals surface area contributed by atoms with Crippen LogP contribution in [-0.4, -0.2) is 23.5 Å². The Morgan fingerprint density at radius 3 is 2.88 bits per heavy atom. The van der Waals surface area contributed by atoms with Crippen LogP contribution in [0.4, 0.5) is 0 Å². The third kappa shape index (κ3) is 2.83. The Balaban J connectivity index is 2.14. The van der Waals surface area contributed by atoms with Gasteiger partial charge in [-0.15, -0.1) is 0 Å². The molecular formula is C10H11N3O3S. The molecule has 0 aliphatic heterocycles. The molecule has 0 spiro atoms. The van der Waals surface area contributed by atoms with Gasteiger partial charge >= 0.3 is 0 Å². The maximum Gasteiger partial charge on any atom is 0.241 e. The average molecular weight is 253 g/mol. The van der Waals surface area contributed by atoms with Crippen LogP contribution in [0.15, 0.2) is 41.6 Å². The fourth-order valence-corrected chi connectivity index (χ4v) is 2.32. The summed E-state index contributed by atoms with van der Waals surface area (Å²) in [7, 11) is -3.63. The first kappa shape index (κ1) is 11.6. The van der Waals surface area contributed by atoms with Gasteiger partial charge in [-0.25, -0.2) is 18.1 Å². The summed E-state index contributed by atoms with van der Waals surface area (Å²) < 4.78 is 26.0. The van der Waals surface area contributed by atoms with Crippen LogP contribution >= 0.6 is 0 Å². The van der Waals surface area contributed by atoms with E-state index < -0.39 is 10.0 Å². The topological polar surface area (TPSA) is 95.1 Å². The summed E-state index contributed by atoms with van der Waals surface area (Å²) in [5, 5.41) is 9.22. The van der Waals surface area contributed by atoms with Crippen molar-refractivity contribution < 1.29 is 13.5 Å². The molecule has 17 heavy (non-hydrogen) atoms. The van der Waals surface area contributed by atoms with Crippen molar-refractivity contribution in [1.82, 2.24) is 14.7 Å². The molecule has 0 saturated heterocycles. The first-order valence-electron chi connectivity index (χ1n) is 4.85. The van der Waals surface area contributed by atoms with Gasteiger partial charge in [-0.1, -0.05) is 6.07 Å². The lowest BCUT2D eigenvalue weighted by Gasteiger charge is -2.05. The number of hydrogen-bond donors (Lipinski definition) is 3. The highest BCUT2D eigenvalue weighted by Crippen LogP contribution is 2.15. The largest absolute Gasteiger partial charge is 0.508 e. The van der Waals surface area contributed by atoms with Crippen LogP contribution in [0.3, 0.4) is 0 Å². The molecule has 2 rings (SSSR count). The zero-order chi connectivity index (χ0) is 12.3. The van der Waals surface area contributed by atoms with Gasteiger partial charge in [0.25, 0.3) is 0 Å². The number of nitrogens with zero attached hydrogens (tertiary/aromatic N) is 1. The van der Waals surface area contributed by atoms with Crippen molar-refractivity contribution in [3.05, 3.63) is 42.5 Å². The number of H-pyrrole nitrogens is 1. The number of aromatic nitrogens is 2. The summed E-state index contributed by atoms with van der Waals surface area (Å²) >= 11 is 0. The Morgan fingerprint density at radius 1 is 1.41 bits per heavy atom. The Morgan fingerprint density at radius 2 is 2.24 bits per heavy atom. The maximum atomic E-state index is 11.8. The van der Waals surface area contributed by atoms with Gasteiger partial charge in [0.1, 0.15) is 11.6 Å². The zero-order valence-electron chi connectivity index (χ0n) is 8.79. The van der Waals surface area contributed by atoms with Crippen LogP contribution in [0.1, 0.15) is 5.82 Å². The zero-order valence-corrected chi connectivity index (χ0v) is 9.61. The number of benzene rings is 1. The van der Waals surface area contributed by atoms with Crippen LogP contribution in [0.2, 0.25) is 0 Å². The van der Waals surface area contributed by atoms with Crippen LogP contribution in [0.25, 0.3) is 0 Å². The van der Waals surface area contributed by atoms with Crippen LogP contribution in [-0.2, 0) is 16.6 Å². The molecule has 1 aromatic carbocycles. The molecule has 0 aliphatic carbocycles. The molecule has 0 amide bonds. The first-order valence-corrected chi connectivity index (χ1v) is 6.33. The van der Waals surface area contributed by atoms with E-state index in [4.69, 9.17) is 0 Å². The average Bonchev–Trinajstić information content (AvgIpc) is 2.79. The van der Waals surface area contributed by atoms with E-state index in [1.165, 1.54) is 30.5 Å². The molecule has 6 nitrogen and oxygen atoms in total. The van der Waals surface area contributed by atoms with Crippen molar-refractivity contribution in [2.45, 2.75) is 11.4 Å². The maximum absolute atomic E-state index is 11.8. The van der Waals surface area contributed by atoms with Crippen molar-refractivity contribution in [2.24, 2.45) is 0 Å². The lowest BCUT2D eigenvalue weighted by Crippen LogP contribution is -2.23. The van der Waals surface area contributed by atoms with E-state index in [1.807, 2.05) is 0 Å². The SMILES string of the molecule is O=S(=O)(NCc1ncc[nH]1)c1cccc(O)c1. The summed E-state index contributed by atoms with van der Waals surface area (Å²) in [6, 6.07) is 5.47. The Labute approximate surface area is 98.4 Å². The summed E-state index contributed by atoms with van der Waals surface area (Å²) in [5.41, 5.74) is 0. The molecule has 90 valence electrons. The predicted molar refractivity (Wildman–Crippen MR) is 60.7 cm³/mol. The summed E-state index contributed by atoms with van der Waals surface area (Å²) in [5.74, 6) is 0.430. The van der Waals surface area contributed by atoms with E-state index in [2.05, 4.69) is 14.7 Å². The minimum absolute atomic E-state index is 0.0176. The number of sulfonamides is 1. The third-order valence-electron chi connectivity index (χ3n) is 2.11. The van der Waals surface area contributed by atoms with E-state index in [0.29, 0.717) is 5.82 Å². The monoisotopic (exact) mass is 253 g/mol. The number of rotatable bonds is 4. The standard InChI is InChI=1S/C10H11N3O3S/c14-8-2-1-3-9(6-8)17(15,16)13-7-10-11-4-5-12-10/h1-6,13-14H,7H2,(H,11,12). The number of aromatic hydroxyl groups is 1. The second-order valence-electron chi connectivity index (χ2n) is 3.36. The van der Waals surface area contributed by atoms with Gasteiger partial charge in [-0.3, -0.25) is 0 Å². The molecule has 0 unspecified atom stereocenters. The lowest BCUT2D eigenvalue weighted by molar-refractivity contribution is 0.473. The van der Waals surface area contributed by atoms with Crippen molar-refractivity contribution in [3.8, 4) is 5.75 Å². The number of imidazole rings is 1. The number of phenols is 1. The summed E-state index contributed by atoms with van der Waals surface area (Å²) in [6.45, 7) is 0.0744. The second-order valence-corrected chi connectivity index (χ2v) is 5.12. The first-order chi connectivity index (χ1) is 8.08. The molecule has 0 saturated carbocycles. The minimum atomic E-state index is -3.63. The van der Waals surface area contributed by atoms with Gasteiger partial charge in [0, 0.05) is 12.4 Å². The van der Waals surface area contributed by atoms with E-state index >= 15 is 0 Å². The fourth-order valence-electron chi connectivity index (χ4n) is 1.29. The van der Waals surface area contributed by atoms with E-state index in [0.717, 1.165) is 0 Å². The Hall–Kier alpha value is -1.86. The molecule has 0 bridgehead atoms. The van der Waals surface area contributed by atoms with Crippen LogP contribution < -0.4 is 4.72 Å². The molecule has 1 aromatic heterocycles. The number of hydrogen-bond acceptors (Lipinski definition) is 4. The lowest BCUT2D eigenvalue weighted by atomic mass is 10.3. The van der Waals surface area contributed by atoms with Crippen LogP contribution in [0, 0.1) is 0 Å². The van der Waals surface area contributed by atoms with Gasteiger partial charge < -0.3 is 10.1 Å². The minimum Gasteiger partial charge on any atom is -0.508 e. The van der Waals surface area contributed by atoms with Gasteiger partial charge in [0.15, 0.2) is 0 Å². The normalized spacial score (nSPS) is 11.5. The molecule has 7 heteroatoms. The van der Waals surface area contributed by atoms with Crippen molar-refractivity contribution in [3.63, 3.8) is 0 Å². The van der Waals surface area contributed by atoms with Crippen LogP contribution in [0.5, 0.6) is 5.75 Å². The highest BCUT2D eigenvalue weighted by molar-refractivity contribution is 7.89. The molecule has 0 fully saturated rings. The number of nitrogens with one attached hydrogen (secondary N) is 2. The number of phenolic OH excluding ortho intramolecular Hbond substituents is 1. The van der Waals surface area contributed by atoms with Gasteiger partial charge in [-0.05, 0) is 18.2 Å². The number of aromatic amines is 1. The summed E-state index contributed by atoms with van der Waals surface area (Å²) in [4.78, 5) is 6.70. The highest BCUT2D eigenvalue weighted by Gasteiger charge is 2.14. The molecule has 0 radical (unpaired) electrons. The van der Waals surface area contributed by atoms with E-state index in [-0.39, 0.29) is 17.2 Å². The quantitative estimate of drug-likeness (QED) is 0.743. The second kappa shape index (κ2) is 4.56. The van der Waals surface area contributed by atoms with Crippen molar-refractivity contribution in [1.29, 1.82) is 0 Å². The summed E-state index contributed by atoms with van der Waals surface area (Å²) in [6.07, 6.45) is 3.15. The van der Waals surface area contributed by atoms with Gasteiger partial charge in [-0.2, -0.15) is 0 Å². The molecule has 3 N–H and O–H groups in total. The molecule has 1 heterocycles. The van der Waals surface area contributed by atoms with Crippen molar-refractivity contribution in [2.75, 3.05) is 0 Å². The highest BCUT2D eigenvalue weighted by atomic mass is 32.2.